The molecule has 318 valence electrons. The van der Waals surface area contributed by atoms with Crippen molar-refractivity contribution in [2.24, 2.45) is 20.5 Å². The predicted octanol–water partition coefficient (Wildman–Crippen LogP) is 11.5. The molecule has 0 aliphatic heterocycles. The Hall–Kier alpha value is -6.32. The van der Waals surface area contributed by atoms with E-state index in [1.807, 2.05) is 0 Å². The zero-order valence-electron chi connectivity index (χ0n) is 33.5. The van der Waals surface area contributed by atoms with E-state index in [1.54, 1.807) is 62.4 Å². The van der Waals surface area contributed by atoms with Crippen molar-refractivity contribution in [1.82, 2.24) is 0 Å². The molecule has 5 aromatic rings. The van der Waals surface area contributed by atoms with Crippen LogP contribution < -0.4 is 21.3 Å². The van der Waals surface area contributed by atoms with Crippen molar-refractivity contribution in [3.8, 4) is 0 Å². The van der Waals surface area contributed by atoms with Crippen molar-refractivity contribution in [2.75, 3.05) is 21.3 Å². The SMILES string of the molecule is CC(=O)C(N=Nc1cc(Cl)cc(C(=O)Nc2ccccc2C(C)Cl)c1)C(=O)Nc1ccc(NC(=O)C(N=Nc2cc(Cl)cc(C(=O)Nc3ccccc3C(C)Cl)c2)C(C)=O)cc1. The molecule has 62 heavy (non-hydrogen) atoms. The first-order valence-electron chi connectivity index (χ1n) is 18.7. The molecule has 0 bridgehead atoms. The first kappa shape index (κ1) is 46.7. The lowest BCUT2D eigenvalue weighted by molar-refractivity contribution is -0.127. The number of ketones is 2. The van der Waals surface area contributed by atoms with Crippen LogP contribution in [0.3, 0.4) is 0 Å². The van der Waals surface area contributed by atoms with Crippen molar-refractivity contribution in [2.45, 2.75) is 50.5 Å². The van der Waals surface area contributed by atoms with Crippen LogP contribution in [0.4, 0.5) is 34.1 Å². The molecule has 0 aromatic heterocycles. The van der Waals surface area contributed by atoms with Gasteiger partial charge in [-0.15, -0.1) is 23.2 Å². The van der Waals surface area contributed by atoms with Gasteiger partial charge in [-0.2, -0.15) is 20.5 Å². The van der Waals surface area contributed by atoms with Crippen LogP contribution >= 0.6 is 46.4 Å². The van der Waals surface area contributed by atoms with E-state index in [2.05, 4.69) is 41.7 Å². The van der Waals surface area contributed by atoms with E-state index >= 15 is 0 Å². The minimum atomic E-state index is -1.56. The molecule has 0 saturated carbocycles. The minimum Gasteiger partial charge on any atom is -0.324 e. The van der Waals surface area contributed by atoms with Crippen LogP contribution in [0.25, 0.3) is 0 Å². The largest absolute Gasteiger partial charge is 0.324 e. The number of benzene rings is 5. The molecule has 4 atom stereocenters. The Bertz CT molecular complexity index is 2410. The smallest absolute Gasteiger partial charge is 0.258 e. The Labute approximate surface area is 376 Å². The van der Waals surface area contributed by atoms with Crippen molar-refractivity contribution in [3.63, 3.8) is 0 Å². The van der Waals surface area contributed by atoms with Gasteiger partial charge < -0.3 is 21.3 Å². The van der Waals surface area contributed by atoms with Gasteiger partial charge in [-0.05, 0) is 112 Å². The average Bonchev–Trinajstić information content (AvgIpc) is 3.21. The summed E-state index contributed by atoms with van der Waals surface area (Å²) in [4.78, 5) is 77.6. The molecule has 4 unspecified atom stereocenters. The quantitative estimate of drug-likeness (QED) is 0.0431. The summed E-state index contributed by atoms with van der Waals surface area (Å²) >= 11 is 25.1. The van der Waals surface area contributed by atoms with Crippen LogP contribution in [-0.4, -0.2) is 47.3 Å². The zero-order valence-corrected chi connectivity index (χ0v) is 36.5. The molecule has 0 fully saturated rings. The summed E-state index contributed by atoms with van der Waals surface area (Å²) in [6.45, 7) is 5.90. The number of hydrogen-bond donors (Lipinski definition) is 4. The third-order valence-electron chi connectivity index (χ3n) is 8.83. The molecule has 0 aliphatic rings. The van der Waals surface area contributed by atoms with Crippen molar-refractivity contribution >= 4 is 116 Å². The first-order chi connectivity index (χ1) is 29.5. The van der Waals surface area contributed by atoms with E-state index < -0.39 is 47.3 Å². The Morgan fingerprint density at radius 3 is 1.19 bits per heavy atom. The summed E-state index contributed by atoms with van der Waals surface area (Å²) in [7, 11) is 0. The van der Waals surface area contributed by atoms with E-state index in [0.717, 1.165) is 11.1 Å². The summed E-state index contributed by atoms with van der Waals surface area (Å²) in [6.07, 6.45) is 0. The zero-order chi connectivity index (χ0) is 45.1. The van der Waals surface area contributed by atoms with Crippen LogP contribution in [0, 0.1) is 0 Å². The average molecular weight is 917 g/mol. The van der Waals surface area contributed by atoms with E-state index in [9.17, 15) is 28.8 Å². The second kappa shape index (κ2) is 21.5. The maximum Gasteiger partial charge on any atom is 0.258 e. The monoisotopic (exact) mass is 914 g/mol. The number of carbonyl (C=O) groups excluding carboxylic acids is 6. The maximum atomic E-state index is 13.2. The third kappa shape index (κ3) is 12.8. The van der Waals surface area contributed by atoms with Gasteiger partial charge in [-0.3, -0.25) is 28.8 Å². The van der Waals surface area contributed by atoms with Gasteiger partial charge in [0.05, 0.1) is 22.1 Å². The minimum absolute atomic E-state index is 0.115. The Kier molecular flexibility index (Phi) is 16.2. The standard InChI is InChI=1S/C44H38Cl4N8O6/c1-23(45)35-9-5-7-11-37(35)51-41(59)27-17-29(47)21-33(19-27)53-55-39(25(3)57)43(61)49-31-13-15-32(16-14-31)50-44(62)40(26(4)58)56-54-34-20-28(18-30(48)22-34)42(60)52-38-12-8-6-10-36(38)24(2)46/h5-24,39-40H,1-4H3,(H,49,61)(H,50,62)(H,51,59)(H,52,60). The van der Waals surface area contributed by atoms with Gasteiger partial charge in [0.25, 0.3) is 23.6 Å². The Balaban J connectivity index is 1.21. The van der Waals surface area contributed by atoms with Gasteiger partial charge >= 0.3 is 0 Å². The van der Waals surface area contributed by atoms with Crippen LogP contribution in [0.2, 0.25) is 10.0 Å². The van der Waals surface area contributed by atoms with Crippen LogP contribution in [-0.2, 0) is 19.2 Å². The number of rotatable bonds is 16. The molecule has 0 heterocycles. The van der Waals surface area contributed by atoms with E-state index in [-0.39, 0.29) is 54.7 Å². The van der Waals surface area contributed by atoms with E-state index in [1.165, 1.54) is 74.5 Å². The fraction of sp³-hybridized carbons (Fsp3) is 0.182. The van der Waals surface area contributed by atoms with Gasteiger partial charge in [0.15, 0.2) is 11.6 Å². The number of Topliss-reactive ketones (excluding diaryl/α,β-unsaturated/α-hetero) is 2. The molecule has 14 nitrogen and oxygen atoms in total. The van der Waals surface area contributed by atoms with E-state index in [4.69, 9.17) is 46.4 Å². The molecule has 5 rings (SSSR count). The van der Waals surface area contributed by atoms with Gasteiger partial charge in [-0.25, -0.2) is 0 Å². The highest BCUT2D eigenvalue weighted by atomic mass is 35.5. The fourth-order valence-electron chi connectivity index (χ4n) is 5.77. The van der Waals surface area contributed by atoms with Gasteiger partial charge in [0.2, 0.25) is 12.1 Å². The number of anilines is 4. The number of nitrogens with zero attached hydrogens (tertiary/aromatic N) is 4. The number of amides is 4. The second-order valence-electron chi connectivity index (χ2n) is 13.7. The van der Waals surface area contributed by atoms with Crippen LogP contribution in [0.5, 0.6) is 0 Å². The highest BCUT2D eigenvalue weighted by Gasteiger charge is 2.25. The first-order valence-corrected chi connectivity index (χ1v) is 20.4. The molecule has 0 radical (unpaired) electrons. The number of hydrogen-bond acceptors (Lipinski definition) is 10. The van der Waals surface area contributed by atoms with Gasteiger partial charge in [0, 0.05) is 43.9 Å². The predicted molar refractivity (Wildman–Crippen MR) is 242 cm³/mol. The number of alkyl halides is 2. The van der Waals surface area contributed by atoms with Crippen molar-refractivity contribution in [3.05, 3.63) is 141 Å². The fourth-order valence-corrected chi connectivity index (χ4v) is 6.61. The molecular weight excluding hydrogens is 878 g/mol. The normalized spacial score (nSPS) is 13.2. The molecule has 0 spiro atoms. The number of halogens is 4. The van der Waals surface area contributed by atoms with Crippen molar-refractivity contribution in [1.29, 1.82) is 0 Å². The summed E-state index contributed by atoms with van der Waals surface area (Å²) < 4.78 is 0. The maximum absolute atomic E-state index is 13.2. The molecule has 0 saturated heterocycles. The molecule has 18 heteroatoms. The van der Waals surface area contributed by atoms with Gasteiger partial charge in [0.1, 0.15) is 0 Å². The highest BCUT2D eigenvalue weighted by Crippen LogP contribution is 2.30. The Morgan fingerprint density at radius 1 is 0.500 bits per heavy atom. The number of carbonyl (C=O) groups is 6. The Morgan fingerprint density at radius 2 is 0.855 bits per heavy atom. The lowest BCUT2D eigenvalue weighted by Gasteiger charge is -2.13. The molecular formula is C44H38Cl4N8O6. The molecule has 5 aromatic carbocycles. The topological polar surface area (TPSA) is 200 Å². The summed E-state index contributed by atoms with van der Waals surface area (Å²) in [5, 5.41) is 26.3. The molecule has 4 amide bonds. The lowest BCUT2D eigenvalue weighted by atomic mass is 10.1. The van der Waals surface area contributed by atoms with Crippen LogP contribution in [0.15, 0.2) is 130 Å². The van der Waals surface area contributed by atoms with E-state index in [0.29, 0.717) is 11.4 Å². The lowest BCUT2D eigenvalue weighted by Crippen LogP contribution is -2.32. The highest BCUT2D eigenvalue weighted by molar-refractivity contribution is 6.32. The summed E-state index contributed by atoms with van der Waals surface area (Å²) in [5.74, 6) is -3.84. The second-order valence-corrected chi connectivity index (χ2v) is 15.9. The van der Waals surface area contributed by atoms with Crippen molar-refractivity contribution < 1.29 is 28.8 Å². The van der Waals surface area contributed by atoms with Crippen LogP contribution in [0.1, 0.15) is 70.3 Å². The number of nitrogens with one attached hydrogen (secondary N) is 4. The number of azo groups is 2. The third-order valence-corrected chi connectivity index (χ3v) is 9.74. The van der Waals surface area contributed by atoms with Gasteiger partial charge in [-0.1, -0.05) is 59.6 Å². The number of para-hydroxylation sites is 2. The summed E-state index contributed by atoms with van der Waals surface area (Å²) in [6, 6.07) is 25.3. The molecule has 4 N–H and O–H groups in total. The molecule has 0 aliphatic carbocycles. The summed E-state index contributed by atoms with van der Waals surface area (Å²) in [5.41, 5.74) is 3.48.